The second-order valence-electron chi connectivity index (χ2n) is 5.60. The lowest BCUT2D eigenvalue weighted by Crippen LogP contribution is -2.03. The number of aryl methyl sites for hydroxylation is 1. The topological polar surface area (TPSA) is 66.6 Å². The van der Waals surface area contributed by atoms with Crippen molar-refractivity contribution in [3.8, 4) is 28.6 Å². The van der Waals surface area contributed by atoms with E-state index in [9.17, 15) is 0 Å². The molecule has 25 heavy (non-hydrogen) atoms. The van der Waals surface area contributed by atoms with E-state index in [2.05, 4.69) is 10.1 Å². The van der Waals surface area contributed by atoms with Gasteiger partial charge in [-0.25, -0.2) is 0 Å². The third kappa shape index (κ3) is 3.74. The summed E-state index contributed by atoms with van der Waals surface area (Å²) in [5.41, 5.74) is 1.95. The Bertz CT molecular complexity index is 843. The zero-order valence-electron chi connectivity index (χ0n) is 14.6. The van der Waals surface area contributed by atoms with Gasteiger partial charge in [0.15, 0.2) is 17.6 Å². The second kappa shape index (κ2) is 7.25. The molecule has 0 saturated heterocycles. The van der Waals surface area contributed by atoms with Crippen molar-refractivity contribution in [2.24, 2.45) is 0 Å². The Labute approximate surface area is 146 Å². The fourth-order valence-corrected chi connectivity index (χ4v) is 2.36. The number of methoxy groups -OCH3 is 2. The first kappa shape index (κ1) is 16.8. The van der Waals surface area contributed by atoms with Gasteiger partial charge in [0, 0.05) is 5.56 Å². The molecule has 0 unspecified atom stereocenters. The summed E-state index contributed by atoms with van der Waals surface area (Å²) in [6, 6.07) is 13.3. The smallest absolute Gasteiger partial charge is 0.267 e. The molecule has 0 aliphatic heterocycles. The monoisotopic (exact) mass is 340 g/mol. The molecule has 0 aliphatic rings. The molecule has 1 atom stereocenters. The molecule has 130 valence electrons. The fourth-order valence-electron chi connectivity index (χ4n) is 2.36. The minimum Gasteiger partial charge on any atom is -0.493 e. The molecule has 0 bridgehead atoms. The molecule has 1 aromatic heterocycles. The summed E-state index contributed by atoms with van der Waals surface area (Å²) < 4.78 is 21.7. The minimum absolute atomic E-state index is 0.357. The number of rotatable bonds is 6. The Balaban J connectivity index is 1.78. The van der Waals surface area contributed by atoms with Gasteiger partial charge in [0.2, 0.25) is 5.82 Å². The van der Waals surface area contributed by atoms with Gasteiger partial charge in [-0.05, 0) is 44.2 Å². The van der Waals surface area contributed by atoms with Crippen LogP contribution in [0.25, 0.3) is 11.4 Å². The molecule has 0 saturated carbocycles. The Morgan fingerprint density at radius 2 is 1.68 bits per heavy atom. The van der Waals surface area contributed by atoms with Crippen molar-refractivity contribution in [2.45, 2.75) is 20.0 Å². The highest BCUT2D eigenvalue weighted by Gasteiger charge is 2.18. The van der Waals surface area contributed by atoms with Crippen molar-refractivity contribution in [3.63, 3.8) is 0 Å². The van der Waals surface area contributed by atoms with E-state index in [0.29, 0.717) is 23.2 Å². The van der Waals surface area contributed by atoms with Crippen LogP contribution in [0.5, 0.6) is 17.2 Å². The largest absolute Gasteiger partial charge is 0.493 e. The summed E-state index contributed by atoms with van der Waals surface area (Å²) in [4.78, 5) is 4.43. The van der Waals surface area contributed by atoms with E-state index in [0.717, 1.165) is 11.3 Å². The molecule has 6 heteroatoms. The molecule has 2 aromatic carbocycles. The molecule has 6 nitrogen and oxygen atoms in total. The van der Waals surface area contributed by atoms with Gasteiger partial charge in [-0.2, -0.15) is 4.98 Å². The molecule has 3 rings (SSSR count). The first-order valence-corrected chi connectivity index (χ1v) is 7.90. The average Bonchev–Trinajstić information content (AvgIpc) is 3.13. The van der Waals surface area contributed by atoms with Gasteiger partial charge in [-0.3, -0.25) is 0 Å². The van der Waals surface area contributed by atoms with Crippen LogP contribution in [0, 0.1) is 6.92 Å². The Hall–Kier alpha value is -3.02. The zero-order valence-corrected chi connectivity index (χ0v) is 14.6. The standard InChI is InChI=1S/C19H20N2O4/c1-12-5-8-15(9-6-12)24-13(2)19-20-18(21-25-19)14-7-10-16(22-3)17(11-14)23-4/h5-11,13H,1-4H3/t13-/m1/s1. The molecule has 0 radical (unpaired) electrons. The first-order valence-electron chi connectivity index (χ1n) is 7.90. The molecular formula is C19H20N2O4. The Morgan fingerprint density at radius 3 is 2.36 bits per heavy atom. The van der Waals surface area contributed by atoms with Crippen LogP contribution in [-0.2, 0) is 0 Å². The predicted molar refractivity (Wildman–Crippen MR) is 93.1 cm³/mol. The highest BCUT2D eigenvalue weighted by Crippen LogP contribution is 2.31. The summed E-state index contributed by atoms with van der Waals surface area (Å²) in [6.07, 6.45) is -0.357. The molecule has 3 aromatic rings. The van der Waals surface area contributed by atoms with Crippen LogP contribution in [0.3, 0.4) is 0 Å². The molecule has 0 amide bonds. The number of benzene rings is 2. The second-order valence-corrected chi connectivity index (χ2v) is 5.60. The minimum atomic E-state index is -0.357. The number of aromatic nitrogens is 2. The van der Waals surface area contributed by atoms with Gasteiger partial charge in [0.25, 0.3) is 5.89 Å². The molecular weight excluding hydrogens is 320 g/mol. The predicted octanol–water partition coefficient (Wildman–Crippen LogP) is 4.20. The van der Waals surface area contributed by atoms with E-state index >= 15 is 0 Å². The summed E-state index contributed by atoms with van der Waals surface area (Å²) in [5.74, 6) is 2.88. The van der Waals surface area contributed by atoms with Crippen molar-refractivity contribution in [2.75, 3.05) is 14.2 Å². The third-order valence-electron chi connectivity index (χ3n) is 3.77. The fraction of sp³-hybridized carbons (Fsp3) is 0.263. The van der Waals surface area contributed by atoms with E-state index < -0.39 is 0 Å². The average molecular weight is 340 g/mol. The normalized spacial score (nSPS) is 11.8. The zero-order chi connectivity index (χ0) is 17.8. The number of nitrogens with zero attached hydrogens (tertiary/aromatic N) is 2. The van der Waals surface area contributed by atoms with Crippen LogP contribution in [-0.4, -0.2) is 24.4 Å². The summed E-state index contributed by atoms with van der Waals surface area (Å²) in [7, 11) is 3.18. The van der Waals surface area contributed by atoms with Gasteiger partial charge in [-0.15, -0.1) is 0 Å². The maximum absolute atomic E-state index is 5.85. The van der Waals surface area contributed by atoms with Crippen LogP contribution >= 0.6 is 0 Å². The SMILES string of the molecule is COc1ccc(-c2noc([C@@H](C)Oc3ccc(C)cc3)n2)cc1OC. The quantitative estimate of drug-likeness (QED) is 0.670. The van der Waals surface area contributed by atoms with Crippen molar-refractivity contribution >= 4 is 0 Å². The number of hydrogen-bond donors (Lipinski definition) is 0. The Morgan fingerprint density at radius 1 is 0.960 bits per heavy atom. The van der Waals surface area contributed by atoms with Crippen LogP contribution in [0.1, 0.15) is 24.5 Å². The van der Waals surface area contributed by atoms with Crippen molar-refractivity contribution in [1.29, 1.82) is 0 Å². The maximum atomic E-state index is 5.85. The van der Waals surface area contributed by atoms with Gasteiger partial charge in [0.05, 0.1) is 14.2 Å². The molecule has 1 heterocycles. The van der Waals surface area contributed by atoms with E-state index in [1.165, 1.54) is 5.56 Å². The van der Waals surface area contributed by atoms with Gasteiger partial charge in [-0.1, -0.05) is 22.9 Å². The summed E-state index contributed by atoms with van der Waals surface area (Å²) in [6.45, 7) is 3.90. The van der Waals surface area contributed by atoms with Crippen LogP contribution < -0.4 is 14.2 Å². The highest BCUT2D eigenvalue weighted by molar-refractivity contribution is 5.60. The molecule has 0 fully saturated rings. The van der Waals surface area contributed by atoms with Crippen LogP contribution in [0.4, 0.5) is 0 Å². The van der Waals surface area contributed by atoms with Gasteiger partial charge >= 0.3 is 0 Å². The summed E-state index contributed by atoms with van der Waals surface area (Å²) >= 11 is 0. The molecule has 0 spiro atoms. The van der Waals surface area contributed by atoms with E-state index in [1.54, 1.807) is 26.4 Å². The van der Waals surface area contributed by atoms with Gasteiger partial charge in [0.1, 0.15) is 5.75 Å². The van der Waals surface area contributed by atoms with Crippen molar-refractivity contribution in [3.05, 3.63) is 53.9 Å². The van der Waals surface area contributed by atoms with Crippen molar-refractivity contribution < 1.29 is 18.7 Å². The lowest BCUT2D eigenvalue weighted by molar-refractivity contribution is 0.176. The molecule has 0 N–H and O–H groups in total. The Kier molecular flexibility index (Phi) is 4.88. The van der Waals surface area contributed by atoms with Gasteiger partial charge < -0.3 is 18.7 Å². The van der Waals surface area contributed by atoms with E-state index in [-0.39, 0.29) is 6.10 Å². The molecule has 0 aliphatic carbocycles. The highest BCUT2D eigenvalue weighted by atomic mass is 16.5. The maximum Gasteiger partial charge on any atom is 0.267 e. The third-order valence-corrected chi connectivity index (χ3v) is 3.77. The van der Waals surface area contributed by atoms with E-state index in [1.807, 2.05) is 44.2 Å². The number of hydrogen-bond acceptors (Lipinski definition) is 6. The summed E-state index contributed by atoms with van der Waals surface area (Å²) in [5, 5.41) is 4.03. The van der Waals surface area contributed by atoms with Crippen LogP contribution in [0.2, 0.25) is 0 Å². The lowest BCUT2D eigenvalue weighted by Gasteiger charge is -2.10. The van der Waals surface area contributed by atoms with Crippen molar-refractivity contribution in [1.82, 2.24) is 10.1 Å². The first-order chi connectivity index (χ1) is 12.1. The van der Waals surface area contributed by atoms with E-state index in [4.69, 9.17) is 18.7 Å². The van der Waals surface area contributed by atoms with Crippen LogP contribution in [0.15, 0.2) is 47.0 Å². The number of ether oxygens (including phenoxy) is 3. The lowest BCUT2D eigenvalue weighted by atomic mass is 10.2.